The Hall–Kier alpha value is -1.52. The molecule has 0 bridgehead atoms. The van der Waals surface area contributed by atoms with Crippen LogP contribution in [-0.2, 0) is 5.75 Å². The molecule has 0 atom stereocenters. The van der Waals surface area contributed by atoms with Crippen LogP contribution in [0.5, 0.6) is 0 Å². The Morgan fingerprint density at radius 2 is 1.80 bits per heavy atom. The predicted octanol–water partition coefficient (Wildman–Crippen LogP) is 4.57. The molecule has 4 rings (SSSR count). The molecule has 2 aromatic carbocycles. The van der Waals surface area contributed by atoms with Crippen LogP contribution < -0.4 is 10.0 Å². The maximum Gasteiger partial charge on any atom is 0.0614 e. The van der Waals surface area contributed by atoms with Crippen molar-refractivity contribution in [2.24, 2.45) is 0 Å². The van der Waals surface area contributed by atoms with Gasteiger partial charge in [-0.25, -0.2) is 0 Å². The van der Waals surface area contributed by atoms with Crippen molar-refractivity contribution in [1.29, 1.82) is 0 Å². The Morgan fingerprint density at radius 1 is 0.950 bits per heavy atom. The van der Waals surface area contributed by atoms with E-state index in [1.807, 2.05) is 24.0 Å². The zero-order valence-corrected chi connectivity index (χ0v) is 12.6. The molecule has 2 aliphatic heterocycles. The second-order valence-corrected chi connectivity index (χ2v) is 6.28. The number of para-hydroxylation sites is 1. The summed E-state index contributed by atoms with van der Waals surface area (Å²) in [5, 5.41) is 3.33. The van der Waals surface area contributed by atoms with Crippen LogP contribution in [0.25, 0.3) is 6.08 Å². The lowest BCUT2D eigenvalue weighted by molar-refractivity contribution is 1.31. The second-order valence-electron chi connectivity index (χ2n) is 4.42. The summed E-state index contributed by atoms with van der Waals surface area (Å²) in [6.07, 6.45) is 4.03. The number of fused-ring (bicyclic) bond motifs is 2. The Bertz CT molecular complexity index is 586. The van der Waals surface area contributed by atoms with E-state index in [2.05, 4.69) is 58.6 Å². The summed E-state index contributed by atoms with van der Waals surface area (Å²) in [5.41, 5.74) is 4.03. The van der Waals surface area contributed by atoms with Crippen LogP contribution in [0.2, 0.25) is 0 Å². The maximum absolute atomic E-state index is 3.33. The summed E-state index contributed by atoms with van der Waals surface area (Å²) in [4.78, 5) is 1.30. The van der Waals surface area contributed by atoms with E-state index in [1.54, 1.807) is 11.9 Å². The first-order valence-corrected chi connectivity index (χ1v) is 8.48. The zero-order chi connectivity index (χ0) is 13.6. The molecule has 0 aliphatic carbocycles. The molecule has 2 nitrogen and oxygen atoms in total. The van der Waals surface area contributed by atoms with Crippen LogP contribution in [0.1, 0.15) is 11.1 Å². The number of hydrogen-bond acceptors (Lipinski definition) is 4. The third kappa shape index (κ3) is 3.32. The molecule has 0 radical (unpaired) electrons. The first kappa shape index (κ1) is 13.5. The van der Waals surface area contributed by atoms with Gasteiger partial charge < -0.3 is 10.0 Å². The summed E-state index contributed by atoms with van der Waals surface area (Å²) in [6, 6.07) is 16.8. The van der Waals surface area contributed by atoms with E-state index < -0.39 is 0 Å². The average Bonchev–Trinajstić information content (AvgIpc) is 2.56. The molecule has 0 unspecified atom stereocenters. The van der Waals surface area contributed by atoms with E-state index in [0.29, 0.717) is 0 Å². The second kappa shape index (κ2) is 6.77. The lowest BCUT2D eigenvalue weighted by atomic mass is 10.2. The predicted molar refractivity (Wildman–Crippen MR) is 90.7 cm³/mol. The molecule has 0 saturated carbocycles. The van der Waals surface area contributed by atoms with Crippen molar-refractivity contribution in [2.45, 2.75) is 10.6 Å². The Balaban J connectivity index is 0.000000121. The van der Waals surface area contributed by atoms with Gasteiger partial charge in [-0.15, -0.1) is 11.8 Å². The quantitative estimate of drug-likeness (QED) is 0.696. The van der Waals surface area contributed by atoms with Gasteiger partial charge in [0.2, 0.25) is 0 Å². The molecular formula is C16H16N2S2. The molecule has 2 aliphatic rings. The van der Waals surface area contributed by atoms with Gasteiger partial charge in [-0.1, -0.05) is 36.4 Å². The fourth-order valence-electron chi connectivity index (χ4n) is 2.04. The summed E-state index contributed by atoms with van der Waals surface area (Å²) < 4.78 is 3.08. The maximum atomic E-state index is 3.33. The molecule has 0 aromatic heterocycles. The minimum Gasteiger partial charge on any atom is -0.376 e. The summed E-state index contributed by atoms with van der Waals surface area (Å²) in [6.45, 7) is 0. The van der Waals surface area contributed by atoms with Gasteiger partial charge in [-0.3, -0.25) is 0 Å². The van der Waals surface area contributed by atoms with E-state index in [0.717, 1.165) is 11.6 Å². The SMILES string of the molecule is C1=Cc2ccccc2SN1.c1ccc2c(c1)CSCN2. The van der Waals surface area contributed by atoms with E-state index in [9.17, 15) is 0 Å². The van der Waals surface area contributed by atoms with Crippen molar-refractivity contribution in [3.8, 4) is 0 Å². The number of benzene rings is 2. The topological polar surface area (TPSA) is 24.1 Å². The summed E-state index contributed by atoms with van der Waals surface area (Å²) >= 11 is 3.58. The number of thioether (sulfide) groups is 1. The van der Waals surface area contributed by atoms with E-state index in [4.69, 9.17) is 0 Å². The molecule has 102 valence electrons. The van der Waals surface area contributed by atoms with Gasteiger partial charge >= 0.3 is 0 Å². The molecule has 2 N–H and O–H groups in total. The van der Waals surface area contributed by atoms with Gasteiger partial charge in [0.05, 0.1) is 5.88 Å². The summed E-state index contributed by atoms with van der Waals surface area (Å²) in [7, 11) is 0. The first-order chi connectivity index (χ1) is 9.93. The molecule has 20 heavy (non-hydrogen) atoms. The van der Waals surface area contributed by atoms with E-state index in [-0.39, 0.29) is 0 Å². The highest BCUT2D eigenvalue weighted by molar-refractivity contribution is 7.98. The van der Waals surface area contributed by atoms with Crippen molar-refractivity contribution in [3.05, 3.63) is 65.9 Å². The Labute approximate surface area is 128 Å². The molecular weight excluding hydrogens is 284 g/mol. The van der Waals surface area contributed by atoms with Crippen LogP contribution in [0.15, 0.2) is 59.6 Å². The van der Waals surface area contributed by atoms with Gasteiger partial charge in [0.25, 0.3) is 0 Å². The van der Waals surface area contributed by atoms with Crippen molar-refractivity contribution < 1.29 is 0 Å². The highest BCUT2D eigenvalue weighted by Gasteiger charge is 2.05. The van der Waals surface area contributed by atoms with Crippen molar-refractivity contribution in [3.63, 3.8) is 0 Å². The van der Waals surface area contributed by atoms with Crippen LogP contribution in [0.4, 0.5) is 5.69 Å². The van der Waals surface area contributed by atoms with Gasteiger partial charge in [0.1, 0.15) is 0 Å². The Kier molecular flexibility index (Phi) is 4.56. The van der Waals surface area contributed by atoms with Crippen LogP contribution >= 0.6 is 23.7 Å². The van der Waals surface area contributed by atoms with Gasteiger partial charge in [0, 0.05) is 22.5 Å². The first-order valence-electron chi connectivity index (χ1n) is 6.51. The van der Waals surface area contributed by atoms with E-state index in [1.165, 1.54) is 21.7 Å². The fourth-order valence-corrected chi connectivity index (χ4v) is 3.54. The monoisotopic (exact) mass is 300 g/mol. The molecule has 4 heteroatoms. The normalized spacial score (nSPS) is 14.8. The number of nitrogens with one attached hydrogen (secondary N) is 2. The van der Waals surface area contributed by atoms with E-state index >= 15 is 0 Å². The zero-order valence-electron chi connectivity index (χ0n) is 11.0. The van der Waals surface area contributed by atoms with Gasteiger partial charge in [-0.2, -0.15) is 0 Å². The number of hydrogen-bond donors (Lipinski definition) is 2. The smallest absolute Gasteiger partial charge is 0.0614 e. The lowest BCUT2D eigenvalue weighted by Crippen LogP contribution is -2.05. The lowest BCUT2D eigenvalue weighted by Gasteiger charge is -2.16. The van der Waals surface area contributed by atoms with Crippen molar-refractivity contribution in [2.75, 3.05) is 11.2 Å². The largest absolute Gasteiger partial charge is 0.376 e. The third-order valence-corrected chi connectivity index (χ3v) is 4.77. The molecule has 0 fully saturated rings. The standard InChI is InChI=1S/C8H9NS.C8H7NS/c1-2-4-8-7(3-1)5-10-6-9-8;1-2-4-8-7(3-1)5-6-9-10-8/h1-4,9H,5-6H2;1-6,9H. The highest BCUT2D eigenvalue weighted by Crippen LogP contribution is 2.25. The highest BCUT2D eigenvalue weighted by atomic mass is 32.2. The third-order valence-electron chi connectivity index (χ3n) is 3.06. The van der Waals surface area contributed by atoms with Crippen molar-refractivity contribution in [1.82, 2.24) is 4.72 Å². The average molecular weight is 300 g/mol. The fraction of sp³-hybridized carbons (Fsp3) is 0.125. The van der Waals surface area contributed by atoms with Gasteiger partial charge in [0.15, 0.2) is 0 Å². The van der Waals surface area contributed by atoms with Crippen LogP contribution in [0, 0.1) is 0 Å². The molecule has 0 saturated heterocycles. The molecule has 0 spiro atoms. The molecule has 2 heterocycles. The molecule has 0 amide bonds. The van der Waals surface area contributed by atoms with Crippen molar-refractivity contribution >= 4 is 35.5 Å². The number of rotatable bonds is 0. The van der Waals surface area contributed by atoms with Crippen LogP contribution in [-0.4, -0.2) is 5.88 Å². The molecule has 2 aromatic rings. The summed E-state index contributed by atoms with van der Waals surface area (Å²) in [5.74, 6) is 2.21. The minimum absolute atomic E-state index is 1.05. The number of anilines is 1. The van der Waals surface area contributed by atoms with Gasteiger partial charge in [-0.05, 0) is 41.3 Å². The minimum atomic E-state index is 1.05. The van der Waals surface area contributed by atoms with Crippen LogP contribution in [0.3, 0.4) is 0 Å². The Morgan fingerprint density at radius 3 is 2.70 bits per heavy atom.